The maximum atomic E-state index is 11.5. The van der Waals surface area contributed by atoms with Crippen molar-refractivity contribution in [2.24, 2.45) is 9.36 Å². The average Bonchev–Trinajstić information content (AvgIpc) is 2.17. The Morgan fingerprint density at radius 2 is 1.93 bits per heavy atom. The highest BCUT2D eigenvalue weighted by Gasteiger charge is 2.02. The van der Waals surface area contributed by atoms with Gasteiger partial charge < -0.3 is 0 Å². The van der Waals surface area contributed by atoms with Gasteiger partial charge in [-0.15, -0.1) is 0 Å². The number of nitriles is 1. The van der Waals surface area contributed by atoms with Crippen LogP contribution in [0, 0.1) is 11.5 Å². The number of amidine groups is 1. The second kappa shape index (κ2) is 4.71. The summed E-state index contributed by atoms with van der Waals surface area (Å²) >= 11 is 0. The fourth-order valence-corrected chi connectivity index (χ4v) is 1.54. The molecule has 0 heterocycles. The van der Waals surface area contributed by atoms with E-state index in [2.05, 4.69) is 9.36 Å². The summed E-state index contributed by atoms with van der Waals surface area (Å²) in [5, 5.41) is 8.50. The normalized spacial score (nSPS) is 11.9. The van der Waals surface area contributed by atoms with E-state index < -0.39 is 9.73 Å². The number of hydrogen-bond acceptors (Lipinski definition) is 3. The SMILES string of the molecule is CS(C)(=O)=NC(=NC#N)c1ccccc1. The van der Waals surface area contributed by atoms with E-state index in [4.69, 9.17) is 5.26 Å². The summed E-state index contributed by atoms with van der Waals surface area (Å²) in [6.07, 6.45) is 4.66. The van der Waals surface area contributed by atoms with Gasteiger partial charge in [-0.3, -0.25) is 0 Å². The first-order valence-electron chi connectivity index (χ1n) is 4.22. The van der Waals surface area contributed by atoms with Gasteiger partial charge in [-0.2, -0.15) is 14.6 Å². The second-order valence-electron chi connectivity index (χ2n) is 3.17. The van der Waals surface area contributed by atoms with Crippen molar-refractivity contribution >= 4 is 15.6 Å². The van der Waals surface area contributed by atoms with Gasteiger partial charge in [0.05, 0.1) is 0 Å². The molecule has 0 amide bonds. The van der Waals surface area contributed by atoms with E-state index in [1.165, 1.54) is 12.5 Å². The van der Waals surface area contributed by atoms with Crippen LogP contribution < -0.4 is 0 Å². The highest BCUT2D eigenvalue weighted by atomic mass is 32.2. The van der Waals surface area contributed by atoms with Gasteiger partial charge in [-0.1, -0.05) is 30.3 Å². The molecule has 0 bridgehead atoms. The van der Waals surface area contributed by atoms with E-state index in [-0.39, 0.29) is 5.84 Å². The molecule has 0 saturated heterocycles. The molecule has 1 aromatic rings. The Labute approximate surface area is 89.5 Å². The number of rotatable bonds is 1. The number of nitrogens with zero attached hydrogens (tertiary/aromatic N) is 3. The third kappa shape index (κ3) is 3.92. The first kappa shape index (κ1) is 11.4. The Balaban J connectivity index is 3.26. The summed E-state index contributed by atoms with van der Waals surface area (Å²) in [6.45, 7) is 0. The average molecular weight is 221 g/mol. The van der Waals surface area contributed by atoms with Gasteiger partial charge in [0.25, 0.3) is 0 Å². The zero-order chi connectivity index (χ0) is 11.3. The van der Waals surface area contributed by atoms with Crippen LogP contribution in [0.3, 0.4) is 0 Å². The zero-order valence-corrected chi connectivity index (χ0v) is 9.36. The van der Waals surface area contributed by atoms with Crippen LogP contribution in [0.25, 0.3) is 0 Å². The Morgan fingerprint density at radius 1 is 1.33 bits per heavy atom. The first-order chi connectivity index (χ1) is 7.03. The maximum absolute atomic E-state index is 11.5. The summed E-state index contributed by atoms with van der Waals surface area (Å²) in [7, 11) is -2.30. The molecule has 4 nitrogen and oxygen atoms in total. The van der Waals surface area contributed by atoms with Crippen LogP contribution in [0.1, 0.15) is 5.56 Å². The molecule has 5 heteroatoms. The lowest BCUT2D eigenvalue weighted by Gasteiger charge is -1.99. The summed E-state index contributed by atoms with van der Waals surface area (Å²) in [5.74, 6) is 0.216. The van der Waals surface area contributed by atoms with Crippen molar-refractivity contribution in [1.29, 1.82) is 5.26 Å². The first-order valence-corrected chi connectivity index (χ1v) is 6.55. The highest BCUT2D eigenvalue weighted by Crippen LogP contribution is 2.04. The summed E-state index contributed by atoms with van der Waals surface area (Å²) in [5.41, 5.74) is 0.690. The molecule has 0 saturated carbocycles. The maximum Gasteiger partial charge on any atom is 0.207 e. The lowest BCUT2D eigenvalue weighted by molar-refractivity contribution is 0.685. The lowest BCUT2D eigenvalue weighted by Crippen LogP contribution is -2.02. The van der Waals surface area contributed by atoms with Gasteiger partial charge in [0.15, 0.2) is 5.84 Å². The van der Waals surface area contributed by atoms with E-state index in [1.54, 1.807) is 18.3 Å². The van der Waals surface area contributed by atoms with Crippen LogP contribution in [0.4, 0.5) is 0 Å². The molecule has 0 radical (unpaired) electrons. The lowest BCUT2D eigenvalue weighted by atomic mass is 10.2. The standard InChI is InChI=1S/C10H11N3OS/c1-15(2,14)13-10(12-8-11)9-6-4-3-5-7-9/h3-7H,1-2H3. The second-order valence-corrected chi connectivity index (χ2v) is 5.72. The summed E-state index contributed by atoms with van der Waals surface area (Å²) in [6, 6.07) is 9.01. The van der Waals surface area contributed by atoms with E-state index in [0.29, 0.717) is 5.56 Å². The largest absolute Gasteiger partial charge is 0.250 e. The van der Waals surface area contributed by atoms with Gasteiger partial charge >= 0.3 is 0 Å². The van der Waals surface area contributed by atoms with E-state index >= 15 is 0 Å². The van der Waals surface area contributed by atoms with Crippen LogP contribution in [0.5, 0.6) is 0 Å². The molecule has 0 aliphatic heterocycles. The van der Waals surface area contributed by atoms with Crippen LogP contribution in [0.2, 0.25) is 0 Å². The molecule has 0 spiro atoms. The van der Waals surface area contributed by atoms with Gasteiger partial charge in [0.2, 0.25) is 6.19 Å². The Hall–Kier alpha value is -1.67. The predicted molar refractivity (Wildman–Crippen MR) is 61.0 cm³/mol. The van der Waals surface area contributed by atoms with Crippen molar-refractivity contribution in [1.82, 2.24) is 0 Å². The monoisotopic (exact) mass is 221 g/mol. The Bertz CT molecular complexity index is 511. The van der Waals surface area contributed by atoms with Crippen molar-refractivity contribution in [3.63, 3.8) is 0 Å². The quantitative estimate of drug-likeness (QED) is 0.411. The fraction of sp³-hybridized carbons (Fsp3) is 0.200. The molecule has 0 aliphatic rings. The van der Waals surface area contributed by atoms with Gasteiger partial charge in [-0.05, 0) is 0 Å². The molecule has 15 heavy (non-hydrogen) atoms. The third-order valence-electron chi connectivity index (χ3n) is 1.49. The molecule has 0 N–H and O–H groups in total. The minimum Gasteiger partial charge on any atom is -0.250 e. The van der Waals surface area contributed by atoms with Crippen LogP contribution >= 0.6 is 0 Å². The van der Waals surface area contributed by atoms with Crippen molar-refractivity contribution in [3.8, 4) is 6.19 Å². The molecule has 0 fully saturated rings. The molecule has 0 aromatic heterocycles. The van der Waals surface area contributed by atoms with Crippen LogP contribution in [0.15, 0.2) is 39.7 Å². The number of aliphatic imine (C=N–C) groups is 1. The molecule has 1 aromatic carbocycles. The van der Waals surface area contributed by atoms with E-state index in [0.717, 1.165) is 0 Å². The van der Waals surface area contributed by atoms with Crippen molar-refractivity contribution in [3.05, 3.63) is 35.9 Å². The molecule has 0 aliphatic carbocycles. The summed E-state index contributed by atoms with van der Waals surface area (Å²) in [4.78, 5) is 3.56. The minimum atomic E-state index is -2.30. The van der Waals surface area contributed by atoms with Gasteiger partial charge in [-0.25, -0.2) is 4.21 Å². The van der Waals surface area contributed by atoms with Crippen LogP contribution in [-0.2, 0) is 9.73 Å². The Morgan fingerprint density at radius 3 is 2.40 bits per heavy atom. The molecular weight excluding hydrogens is 210 g/mol. The number of hydrogen-bond donors (Lipinski definition) is 0. The zero-order valence-electron chi connectivity index (χ0n) is 8.54. The predicted octanol–water partition coefficient (Wildman–Crippen LogP) is 1.64. The van der Waals surface area contributed by atoms with Crippen molar-refractivity contribution < 1.29 is 4.21 Å². The highest BCUT2D eigenvalue weighted by molar-refractivity contribution is 7.92. The van der Waals surface area contributed by atoms with Gasteiger partial charge in [0, 0.05) is 27.8 Å². The van der Waals surface area contributed by atoms with E-state index in [9.17, 15) is 4.21 Å². The molecule has 0 atom stereocenters. The Kier molecular flexibility index (Phi) is 3.58. The van der Waals surface area contributed by atoms with Crippen LogP contribution in [-0.4, -0.2) is 22.6 Å². The fourth-order valence-electron chi connectivity index (χ4n) is 0.980. The number of benzene rings is 1. The smallest absolute Gasteiger partial charge is 0.207 e. The summed E-state index contributed by atoms with van der Waals surface area (Å²) < 4.78 is 15.4. The molecule has 78 valence electrons. The molecule has 1 rings (SSSR count). The minimum absolute atomic E-state index is 0.216. The van der Waals surface area contributed by atoms with Gasteiger partial charge in [0.1, 0.15) is 0 Å². The topological polar surface area (TPSA) is 65.6 Å². The third-order valence-corrected chi connectivity index (χ3v) is 2.11. The van der Waals surface area contributed by atoms with Crippen molar-refractivity contribution in [2.75, 3.05) is 12.5 Å². The van der Waals surface area contributed by atoms with Crippen molar-refractivity contribution in [2.45, 2.75) is 0 Å². The van der Waals surface area contributed by atoms with E-state index in [1.807, 2.05) is 18.2 Å². The molecule has 0 unspecified atom stereocenters. The molecular formula is C10H11N3OS.